The second-order valence-electron chi connectivity index (χ2n) is 9.93. The van der Waals surface area contributed by atoms with Crippen LogP contribution in [-0.4, -0.2) is 12.8 Å². The lowest BCUT2D eigenvalue weighted by atomic mass is 9.98. The number of fused-ring (bicyclic) bond motifs is 2. The molecule has 0 aliphatic carbocycles. The fraction of sp³-hybridized carbons (Fsp3) is 0.229. The Hall–Kier alpha value is -3.76. The minimum atomic E-state index is 0.696. The van der Waals surface area contributed by atoms with Crippen molar-refractivity contribution in [1.29, 1.82) is 0 Å². The average molecular weight is 532 g/mol. The molecule has 0 fully saturated rings. The molecule has 0 aromatic heterocycles. The van der Waals surface area contributed by atoms with E-state index in [0.29, 0.717) is 5.92 Å². The molecule has 1 atom stereocenters. The van der Waals surface area contributed by atoms with E-state index in [1.54, 1.807) is 0 Å². The van der Waals surface area contributed by atoms with Gasteiger partial charge in [0.25, 0.3) is 0 Å². The molecule has 1 unspecified atom stereocenters. The van der Waals surface area contributed by atoms with Crippen molar-refractivity contribution in [2.24, 2.45) is 11.0 Å². The number of unbranched alkanes of at least 4 members (excludes halogenated alkanes) is 1. The summed E-state index contributed by atoms with van der Waals surface area (Å²) in [5.41, 5.74) is 5.89. The van der Waals surface area contributed by atoms with Crippen molar-refractivity contribution in [1.82, 2.24) is 0 Å². The predicted octanol–water partition coefficient (Wildman–Crippen LogP) is 10.3. The second-order valence-corrected chi connectivity index (χ2v) is 11.0. The highest BCUT2D eigenvalue weighted by Crippen LogP contribution is 2.48. The van der Waals surface area contributed by atoms with Crippen molar-refractivity contribution in [3.05, 3.63) is 115 Å². The molecule has 1 heterocycles. The number of para-hydroxylation sites is 3. The van der Waals surface area contributed by atoms with Gasteiger partial charge in [-0.1, -0.05) is 106 Å². The lowest BCUT2D eigenvalue weighted by Gasteiger charge is -2.35. The van der Waals surface area contributed by atoms with Crippen LogP contribution < -0.4 is 9.91 Å². The van der Waals surface area contributed by atoms with Crippen LogP contribution in [0, 0.1) is 5.92 Å². The van der Waals surface area contributed by atoms with Crippen LogP contribution in [0.3, 0.4) is 0 Å². The normalized spacial score (nSPS) is 13.4. The molecular weight excluding hydrogens is 494 g/mol. The third kappa shape index (κ3) is 6.63. The zero-order valence-corrected chi connectivity index (χ0v) is 23.7. The molecule has 0 radical (unpaired) electrons. The highest BCUT2D eigenvalue weighted by atomic mass is 32.2. The smallest absolute Gasteiger partial charge is 0.0652 e. The van der Waals surface area contributed by atoms with Gasteiger partial charge < -0.3 is 4.90 Å². The van der Waals surface area contributed by atoms with Gasteiger partial charge in [0.05, 0.1) is 22.7 Å². The zero-order chi connectivity index (χ0) is 26.9. The van der Waals surface area contributed by atoms with Crippen molar-refractivity contribution in [3.63, 3.8) is 0 Å². The molecule has 1 aliphatic rings. The first kappa shape index (κ1) is 26.8. The SMILES string of the molecule is CCCCC(CC)CN1c2ccccc2Sc2cc(/C=C/C=N/N(c3ccccc3)c3ccccc3)ccc21. The molecule has 1 aliphatic heterocycles. The first-order valence-electron chi connectivity index (χ1n) is 14.1. The topological polar surface area (TPSA) is 18.8 Å². The summed E-state index contributed by atoms with van der Waals surface area (Å²) in [4.78, 5) is 5.20. The van der Waals surface area contributed by atoms with E-state index in [1.165, 1.54) is 52.4 Å². The molecular formula is C35H37N3S. The Labute approximate surface area is 237 Å². The van der Waals surface area contributed by atoms with Crippen LogP contribution in [0.15, 0.2) is 124 Å². The molecule has 0 saturated carbocycles. The lowest BCUT2D eigenvalue weighted by molar-refractivity contribution is 0.457. The van der Waals surface area contributed by atoms with Crippen LogP contribution in [0.4, 0.5) is 22.7 Å². The summed E-state index contributed by atoms with van der Waals surface area (Å²) in [6.45, 7) is 5.69. The van der Waals surface area contributed by atoms with E-state index in [-0.39, 0.29) is 0 Å². The maximum absolute atomic E-state index is 4.78. The summed E-state index contributed by atoms with van der Waals surface area (Å²) in [5, 5.41) is 6.75. The summed E-state index contributed by atoms with van der Waals surface area (Å²) >= 11 is 1.87. The summed E-state index contributed by atoms with van der Waals surface area (Å²) in [7, 11) is 0. The van der Waals surface area contributed by atoms with Gasteiger partial charge in [-0.15, -0.1) is 0 Å². The Bertz CT molecular complexity index is 1360. The van der Waals surface area contributed by atoms with E-state index >= 15 is 0 Å². The Morgan fingerprint density at radius 1 is 0.795 bits per heavy atom. The van der Waals surface area contributed by atoms with E-state index in [2.05, 4.69) is 91.6 Å². The third-order valence-corrected chi connectivity index (χ3v) is 8.31. The van der Waals surface area contributed by atoms with Crippen molar-refractivity contribution < 1.29 is 0 Å². The van der Waals surface area contributed by atoms with E-state index in [4.69, 9.17) is 5.10 Å². The maximum Gasteiger partial charge on any atom is 0.0652 e. The number of hydrazone groups is 1. The first-order valence-corrected chi connectivity index (χ1v) is 14.9. The van der Waals surface area contributed by atoms with Gasteiger partial charge in [-0.25, -0.2) is 5.01 Å². The van der Waals surface area contributed by atoms with Crippen LogP contribution in [0.1, 0.15) is 45.1 Å². The molecule has 4 aromatic rings. The van der Waals surface area contributed by atoms with Crippen LogP contribution in [-0.2, 0) is 0 Å². The highest BCUT2D eigenvalue weighted by molar-refractivity contribution is 7.99. The van der Waals surface area contributed by atoms with Crippen LogP contribution in [0.25, 0.3) is 6.08 Å². The summed E-state index contributed by atoms with van der Waals surface area (Å²) in [6, 6.07) is 36.2. The van der Waals surface area contributed by atoms with Gasteiger partial charge in [0.2, 0.25) is 0 Å². The van der Waals surface area contributed by atoms with E-state index in [9.17, 15) is 0 Å². The number of rotatable bonds is 11. The number of benzene rings is 4. The van der Waals surface area contributed by atoms with Crippen molar-refractivity contribution >= 4 is 46.8 Å². The molecule has 39 heavy (non-hydrogen) atoms. The van der Waals surface area contributed by atoms with Gasteiger partial charge in [-0.3, -0.25) is 0 Å². The fourth-order valence-corrected chi connectivity index (χ4v) is 6.15. The zero-order valence-electron chi connectivity index (χ0n) is 22.9. The molecule has 0 saturated heterocycles. The van der Waals surface area contributed by atoms with Crippen LogP contribution in [0.2, 0.25) is 0 Å². The van der Waals surface area contributed by atoms with Crippen molar-refractivity contribution in [3.8, 4) is 0 Å². The maximum atomic E-state index is 4.78. The minimum absolute atomic E-state index is 0.696. The monoisotopic (exact) mass is 531 g/mol. The van der Waals surface area contributed by atoms with Gasteiger partial charge >= 0.3 is 0 Å². The van der Waals surface area contributed by atoms with E-state index in [1.807, 2.05) is 65.5 Å². The summed E-state index contributed by atoms with van der Waals surface area (Å²) in [6.07, 6.45) is 11.1. The van der Waals surface area contributed by atoms with Gasteiger partial charge in [-0.05, 0) is 72.5 Å². The Morgan fingerprint density at radius 2 is 1.46 bits per heavy atom. The lowest BCUT2D eigenvalue weighted by Crippen LogP contribution is -2.27. The van der Waals surface area contributed by atoms with Gasteiger partial charge in [0.1, 0.15) is 0 Å². The van der Waals surface area contributed by atoms with Gasteiger partial charge in [0, 0.05) is 22.6 Å². The molecule has 0 bridgehead atoms. The van der Waals surface area contributed by atoms with E-state index < -0.39 is 0 Å². The van der Waals surface area contributed by atoms with Crippen LogP contribution in [0.5, 0.6) is 0 Å². The Kier molecular flexibility index (Phi) is 9.18. The number of nitrogens with zero attached hydrogens (tertiary/aromatic N) is 3. The largest absolute Gasteiger partial charge is 0.339 e. The standard InChI is InChI=1S/C35H37N3S/c1-3-5-15-28(4-2)27-37-32-21-12-13-22-34(32)39-35-26-29(23-24-33(35)37)16-14-25-36-38(30-17-8-6-9-18-30)31-19-10-7-11-20-31/h6-14,16-26,28H,3-5,15,27H2,1-2H3/b16-14+,36-25+. The second kappa shape index (κ2) is 13.3. The quantitative estimate of drug-likeness (QED) is 0.142. The number of hydrogen-bond donors (Lipinski definition) is 0. The predicted molar refractivity (Wildman–Crippen MR) is 170 cm³/mol. The molecule has 4 heteroatoms. The molecule has 198 valence electrons. The number of hydrogen-bond acceptors (Lipinski definition) is 4. The molecule has 0 spiro atoms. The Morgan fingerprint density at radius 3 is 2.15 bits per heavy atom. The van der Waals surface area contributed by atoms with E-state index in [0.717, 1.165) is 17.9 Å². The summed E-state index contributed by atoms with van der Waals surface area (Å²) < 4.78 is 0. The highest BCUT2D eigenvalue weighted by Gasteiger charge is 2.25. The molecule has 4 aromatic carbocycles. The van der Waals surface area contributed by atoms with Gasteiger partial charge in [0.15, 0.2) is 0 Å². The van der Waals surface area contributed by atoms with Crippen molar-refractivity contribution in [2.45, 2.75) is 49.3 Å². The van der Waals surface area contributed by atoms with Gasteiger partial charge in [-0.2, -0.15) is 5.10 Å². The summed E-state index contributed by atoms with van der Waals surface area (Å²) in [5.74, 6) is 0.696. The number of allylic oxidation sites excluding steroid dienone is 1. The molecule has 0 N–H and O–H groups in total. The fourth-order valence-electron chi connectivity index (χ4n) is 5.01. The average Bonchev–Trinajstić information content (AvgIpc) is 2.99. The van der Waals surface area contributed by atoms with Crippen molar-refractivity contribution in [2.75, 3.05) is 16.5 Å². The molecule has 0 amide bonds. The molecule has 5 rings (SSSR count). The third-order valence-electron chi connectivity index (χ3n) is 7.19. The Balaban J connectivity index is 1.37. The minimum Gasteiger partial charge on any atom is -0.339 e. The number of anilines is 4. The van der Waals surface area contributed by atoms with Crippen LogP contribution >= 0.6 is 11.8 Å². The molecule has 3 nitrogen and oxygen atoms in total. The first-order chi connectivity index (χ1) is 19.3.